The van der Waals surface area contributed by atoms with E-state index in [1.165, 1.54) is 11.4 Å². The first-order chi connectivity index (χ1) is 10.8. The summed E-state index contributed by atoms with van der Waals surface area (Å²) in [5, 5.41) is 8.94. The van der Waals surface area contributed by atoms with E-state index >= 15 is 0 Å². The minimum atomic E-state index is -2.53. The lowest BCUT2D eigenvalue weighted by atomic mass is 10.1. The molecule has 0 saturated carbocycles. The standard InChI is InChI=1S/C15H24NO4PS2/c1-5-9-23-21(22,19-6-2)20-15-13(7-8-14(17)18)11(3)10-12(4)16-15/h10H,5-9H2,1-4H3,(H,17,18)/t21-/m0/s1. The van der Waals surface area contributed by atoms with Gasteiger partial charge in [-0.15, -0.1) is 0 Å². The van der Waals surface area contributed by atoms with Gasteiger partial charge in [-0.25, -0.2) is 4.98 Å². The molecule has 0 spiro atoms. The first-order valence-corrected chi connectivity index (χ1v) is 11.8. The molecule has 1 N–H and O–H groups in total. The molecule has 1 heterocycles. The highest BCUT2D eigenvalue weighted by Gasteiger charge is 2.24. The molecule has 130 valence electrons. The Kier molecular flexibility index (Phi) is 8.54. The molecule has 1 rings (SSSR count). The van der Waals surface area contributed by atoms with Crippen LogP contribution < -0.4 is 4.52 Å². The summed E-state index contributed by atoms with van der Waals surface area (Å²) in [6, 6.07) is 1.92. The molecule has 0 radical (unpaired) electrons. The van der Waals surface area contributed by atoms with Crippen LogP contribution in [0.2, 0.25) is 0 Å². The molecule has 1 aromatic rings. The number of hydrogen-bond donors (Lipinski definition) is 1. The maximum Gasteiger partial charge on any atom is 0.303 e. The lowest BCUT2D eigenvalue weighted by Crippen LogP contribution is -2.06. The van der Waals surface area contributed by atoms with E-state index in [4.69, 9.17) is 26.0 Å². The van der Waals surface area contributed by atoms with Crippen molar-refractivity contribution in [1.82, 2.24) is 4.98 Å². The molecule has 0 aliphatic rings. The first kappa shape index (κ1) is 20.4. The van der Waals surface area contributed by atoms with Crippen molar-refractivity contribution in [2.45, 2.75) is 47.0 Å². The molecule has 0 aliphatic heterocycles. The normalized spacial score (nSPS) is 13.6. The summed E-state index contributed by atoms with van der Waals surface area (Å²) in [5.41, 5.74) is 0.0437. The van der Waals surface area contributed by atoms with Crippen LogP contribution in [0.5, 0.6) is 5.88 Å². The highest BCUT2D eigenvalue weighted by Crippen LogP contribution is 2.60. The van der Waals surface area contributed by atoms with E-state index in [2.05, 4.69) is 11.9 Å². The summed E-state index contributed by atoms with van der Waals surface area (Å²) in [4.78, 5) is 15.3. The van der Waals surface area contributed by atoms with Crippen molar-refractivity contribution >= 4 is 34.9 Å². The molecule has 0 fully saturated rings. The van der Waals surface area contributed by atoms with E-state index in [1.807, 2.05) is 26.8 Å². The van der Waals surface area contributed by atoms with Crippen LogP contribution in [0.3, 0.4) is 0 Å². The SMILES string of the molecule is CCCS[P@@](=S)(OCC)Oc1nc(C)cc(C)c1CCC(=O)O. The van der Waals surface area contributed by atoms with Crippen molar-refractivity contribution in [3.8, 4) is 5.88 Å². The largest absolute Gasteiger partial charge is 0.481 e. The molecule has 8 heteroatoms. The van der Waals surface area contributed by atoms with Crippen LogP contribution in [0, 0.1) is 13.8 Å². The van der Waals surface area contributed by atoms with E-state index in [9.17, 15) is 4.79 Å². The number of carboxylic acid groups (broad SMARTS) is 1. The van der Waals surface area contributed by atoms with Crippen LogP contribution in [0.15, 0.2) is 6.07 Å². The average molecular weight is 377 g/mol. The number of aromatic nitrogens is 1. The minimum Gasteiger partial charge on any atom is -0.481 e. The molecular weight excluding hydrogens is 353 g/mol. The summed E-state index contributed by atoms with van der Waals surface area (Å²) in [7, 11) is 0. The fourth-order valence-electron chi connectivity index (χ4n) is 2.00. The van der Waals surface area contributed by atoms with Crippen molar-refractivity contribution in [2.24, 2.45) is 0 Å². The van der Waals surface area contributed by atoms with Crippen molar-refractivity contribution < 1.29 is 18.9 Å². The lowest BCUT2D eigenvalue weighted by molar-refractivity contribution is -0.136. The van der Waals surface area contributed by atoms with Crippen LogP contribution in [-0.4, -0.2) is 28.4 Å². The third-order valence-corrected chi connectivity index (χ3v) is 8.37. The van der Waals surface area contributed by atoms with Crippen LogP contribution >= 0.6 is 17.1 Å². The van der Waals surface area contributed by atoms with Gasteiger partial charge < -0.3 is 14.2 Å². The fraction of sp³-hybridized carbons (Fsp3) is 0.600. The molecule has 23 heavy (non-hydrogen) atoms. The molecule has 0 aromatic carbocycles. The van der Waals surface area contributed by atoms with Crippen LogP contribution in [0.1, 0.15) is 43.5 Å². The molecule has 0 amide bonds. The molecule has 0 saturated heterocycles. The maximum atomic E-state index is 10.9. The summed E-state index contributed by atoms with van der Waals surface area (Å²) in [6.45, 7) is 8.25. The van der Waals surface area contributed by atoms with Gasteiger partial charge in [-0.3, -0.25) is 4.79 Å². The quantitative estimate of drug-likeness (QED) is 0.602. The Bertz CT molecular complexity index is 595. The van der Waals surface area contributed by atoms with Gasteiger partial charge in [0.05, 0.1) is 6.61 Å². The Morgan fingerprint density at radius 2 is 2.13 bits per heavy atom. The van der Waals surface area contributed by atoms with Gasteiger partial charge in [0.15, 0.2) is 0 Å². The van der Waals surface area contributed by atoms with Gasteiger partial charge in [-0.2, -0.15) is 0 Å². The Morgan fingerprint density at radius 3 is 2.70 bits per heavy atom. The first-order valence-electron chi connectivity index (χ1n) is 7.59. The highest BCUT2D eigenvalue weighted by atomic mass is 32.9. The predicted molar refractivity (Wildman–Crippen MR) is 99.0 cm³/mol. The van der Waals surface area contributed by atoms with Gasteiger partial charge >= 0.3 is 5.97 Å². The monoisotopic (exact) mass is 377 g/mol. The number of carboxylic acids is 1. The second-order valence-corrected chi connectivity index (χ2v) is 11.4. The van der Waals surface area contributed by atoms with E-state index in [0.29, 0.717) is 18.9 Å². The van der Waals surface area contributed by atoms with E-state index in [1.54, 1.807) is 0 Å². The van der Waals surface area contributed by atoms with Crippen molar-refractivity contribution in [3.05, 3.63) is 22.9 Å². The third-order valence-electron chi connectivity index (χ3n) is 2.97. The predicted octanol–water partition coefficient (Wildman–Crippen LogP) is 4.50. The topological polar surface area (TPSA) is 68.7 Å². The van der Waals surface area contributed by atoms with Gasteiger partial charge in [0.2, 0.25) is 5.88 Å². The maximum absolute atomic E-state index is 10.9. The molecule has 0 aliphatic carbocycles. The molecule has 0 bridgehead atoms. The van der Waals surface area contributed by atoms with Crippen molar-refractivity contribution in [1.29, 1.82) is 0 Å². The highest BCUT2D eigenvalue weighted by molar-refractivity contribution is 8.68. The number of rotatable bonds is 10. The zero-order valence-electron chi connectivity index (χ0n) is 14.0. The lowest BCUT2D eigenvalue weighted by Gasteiger charge is -2.23. The summed E-state index contributed by atoms with van der Waals surface area (Å²) in [5.74, 6) is 0.427. The number of hydrogen-bond acceptors (Lipinski definition) is 6. The number of carbonyl (C=O) groups is 1. The van der Waals surface area contributed by atoms with Crippen molar-refractivity contribution in [2.75, 3.05) is 12.4 Å². The Balaban J connectivity index is 3.12. The minimum absolute atomic E-state index is 0.0293. The van der Waals surface area contributed by atoms with E-state index in [-0.39, 0.29) is 6.42 Å². The van der Waals surface area contributed by atoms with Gasteiger partial charge in [0.1, 0.15) is 0 Å². The summed E-state index contributed by atoms with van der Waals surface area (Å²) >= 11 is 7.12. The van der Waals surface area contributed by atoms with Crippen molar-refractivity contribution in [3.63, 3.8) is 0 Å². The third kappa shape index (κ3) is 6.79. The molecule has 5 nitrogen and oxygen atoms in total. The van der Waals surface area contributed by atoms with Gasteiger partial charge in [-0.1, -0.05) is 18.3 Å². The van der Waals surface area contributed by atoms with E-state index < -0.39 is 11.7 Å². The Labute approximate surface area is 147 Å². The average Bonchev–Trinajstić information content (AvgIpc) is 2.44. The number of aryl methyl sites for hydroxylation is 2. The Hall–Kier alpha value is -0.620. The van der Waals surface area contributed by atoms with Crippen LogP contribution in [-0.2, 0) is 27.5 Å². The zero-order valence-corrected chi connectivity index (χ0v) is 16.5. The van der Waals surface area contributed by atoms with Crippen LogP contribution in [0.25, 0.3) is 0 Å². The molecule has 1 atom stereocenters. The van der Waals surface area contributed by atoms with Gasteiger partial charge in [0.25, 0.3) is 5.69 Å². The summed E-state index contributed by atoms with van der Waals surface area (Å²) in [6.07, 6.45) is 1.37. The van der Waals surface area contributed by atoms with Gasteiger partial charge in [-0.05, 0) is 57.0 Å². The summed E-state index contributed by atoms with van der Waals surface area (Å²) < 4.78 is 11.7. The van der Waals surface area contributed by atoms with Crippen LogP contribution in [0.4, 0.5) is 0 Å². The van der Waals surface area contributed by atoms with Gasteiger partial charge in [0, 0.05) is 23.4 Å². The molecule has 1 aromatic heterocycles. The number of nitrogens with zero attached hydrogens (tertiary/aromatic N) is 1. The smallest absolute Gasteiger partial charge is 0.303 e. The Morgan fingerprint density at radius 1 is 1.43 bits per heavy atom. The molecular formula is C15H24NO4PS2. The number of pyridine rings is 1. The second kappa shape index (κ2) is 9.62. The molecule has 0 unspecified atom stereocenters. The zero-order chi connectivity index (χ0) is 17.5. The number of aliphatic carboxylic acids is 1. The van der Waals surface area contributed by atoms with E-state index in [0.717, 1.165) is 29.0 Å². The second-order valence-electron chi connectivity index (χ2n) is 5.05. The fourth-order valence-corrected chi connectivity index (χ4v) is 6.59.